The highest BCUT2D eigenvalue weighted by molar-refractivity contribution is 5.91. The summed E-state index contributed by atoms with van der Waals surface area (Å²) in [5.41, 5.74) is 2.70. The standard InChI is InChI=1S/C20H26N2O/c1-21-13-9-18(10-14-21)19-11-15-22(16-12-19)20(23)8-7-17-5-3-2-4-6-17/h2-9,19H,10-16H2,1H3/b8-7+. The maximum absolute atomic E-state index is 12.3. The highest BCUT2D eigenvalue weighted by atomic mass is 16.2. The third-order valence-corrected chi connectivity index (χ3v) is 5.00. The molecule has 0 aromatic heterocycles. The maximum Gasteiger partial charge on any atom is 0.246 e. The molecule has 2 heterocycles. The van der Waals surface area contributed by atoms with Crippen LogP contribution in [-0.4, -0.2) is 48.9 Å². The Kier molecular flexibility index (Phi) is 5.29. The van der Waals surface area contributed by atoms with E-state index in [4.69, 9.17) is 0 Å². The number of nitrogens with zero attached hydrogens (tertiary/aromatic N) is 2. The van der Waals surface area contributed by atoms with Gasteiger partial charge >= 0.3 is 0 Å². The van der Waals surface area contributed by atoms with Crippen molar-refractivity contribution in [3.8, 4) is 0 Å². The number of rotatable bonds is 3. The molecule has 1 aromatic carbocycles. The third-order valence-electron chi connectivity index (χ3n) is 5.00. The van der Waals surface area contributed by atoms with Crippen molar-refractivity contribution in [2.75, 3.05) is 33.2 Å². The minimum atomic E-state index is 0.143. The molecule has 3 heteroatoms. The van der Waals surface area contributed by atoms with Gasteiger partial charge in [0.25, 0.3) is 0 Å². The van der Waals surface area contributed by atoms with E-state index in [-0.39, 0.29) is 5.91 Å². The first-order valence-corrected chi connectivity index (χ1v) is 8.62. The largest absolute Gasteiger partial charge is 0.339 e. The van der Waals surface area contributed by atoms with E-state index in [0.29, 0.717) is 5.92 Å². The van der Waals surface area contributed by atoms with E-state index >= 15 is 0 Å². The Hall–Kier alpha value is -1.87. The summed E-state index contributed by atoms with van der Waals surface area (Å²) >= 11 is 0. The molecule has 1 saturated heterocycles. The molecule has 23 heavy (non-hydrogen) atoms. The fraction of sp³-hybridized carbons (Fsp3) is 0.450. The van der Waals surface area contributed by atoms with E-state index in [9.17, 15) is 4.79 Å². The fourth-order valence-corrected chi connectivity index (χ4v) is 3.46. The second-order valence-electron chi connectivity index (χ2n) is 6.63. The molecule has 3 rings (SSSR count). The summed E-state index contributed by atoms with van der Waals surface area (Å²) in [6.45, 7) is 4.02. The van der Waals surface area contributed by atoms with Gasteiger partial charge in [-0.3, -0.25) is 4.79 Å². The quantitative estimate of drug-likeness (QED) is 0.632. The zero-order chi connectivity index (χ0) is 16.1. The van der Waals surface area contributed by atoms with Crippen LogP contribution in [0.3, 0.4) is 0 Å². The van der Waals surface area contributed by atoms with Crippen LogP contribution in [0.25, 0.3) is 6.08 Å². The molecule has 0 aliphatic carbocycles. The van der Waals surface area contributed by atoms with Crippen LogP contribution in [0.1, 0.15) is 24.8 Å². The normalized spacial score (nSPS) is 20.7. The zero-order valence-corrected chi connectivity index (χ0v) is 13.9. The van der Waals surface area contributed by atoms with Gasteiger partial charge in [-0.2, -0.15) is 0 Å². The van der Waals surface area contributed by atoms with Crippen molar-refractivity contribution in [1.29, 1.82) is 0 Å². The Balaban J connectivity index is 1.50. The molecule has 3 nitrogen and oxygen atoms in total. The number of likely N-dealkylation sites (tertiary alicyclic amines) is 1. The van der Waals surface area contributed by atoms with E-state index in [1.54, 1.807) is 11.6 Å². The summed E-state index contributed by atoms with van der Waals surface area (Å²) < 4.78 is 0. The topological polar surface area (TPSA) is 23.6 Å². The Morgan fingerprint density at radius 1 is 1.13 bits per heavy atom. The Morgan fingerprint density at radius 2 is 1.87 bits per heavy atom. The molecule has 1 amide bonds. The number of hydrogen-bond acceptors (Lipinski definition) is 2. The first kappa shape index (κ1) is 16.0. The van der Waals surface area contributed by atoms with Crippen LogP contribution >= 0.6 is 0 Å². The number of carbonyl (C=O) groups excluding carboxylic acids is 1. The molecule has 0 unspecified atom stereocenters. The summed E-state index contributed by atoms with van der Waals surface area (Å²) in [5, 5.41) is 0. The van der Waals surface area contributed by atoms with Gasteiger partial charge in [0.05, 0.1) is 0 Å². The van der Waals surface area contributed by atoms with Gasteiger partial charge in [0.2, 0.25) is 5.91 Å². The summed E-state index contributed by atoms with van der Waals surface area (Å²) in [6.07, 6.45) is 9.45. The van der Waals surface area contributed by atoms with Crippen LogP contribution in [0.5, 0.6) is 0 Å². The summed E-state index contributed by atoms with van der Waals surface area (Å²) in [7, 11) is 2.17. The molecule has 2 aliphatic rings. The first-order valence-electron chi connectivity index (χ1n) is 8.62. The van der Waals surface area contributed by atoms with E-state index in [0.717, 1.165) is 38.0 Å². The fourth-order valence-electron chi connectivity index (χ4n) is 3.46. The molecule has 1 fully saturated rings. The monoisotopic (exact) mass is 310 g/mol. The lowest BCUT2D eigenvalue weighted by atomic mass is 9.86. The van der Waals surface area contributed by atoms with E-state index < -0.39 is 0 Å². The molecular formula is C20H26N2O. The van der Waals surface area contributed by atoms with Crippen molar-refractivity contribution in [2.45, 2.75) is 19.3 Å². The minimum Gasteiger partial charge on any atom is -0.339 e. The Bertz CT molecular complexity index is 583. The summed E-state index contributed by atoms with van der Waals surface area (Å²) in [5.74, 6) is 0.829. The average Bonchev–Trinajstić information content (AvgIpc) is 2.61. The number of benzene rings is 1. The predicted octanol–water partition coefficient (Wildman–Crippen LogP) is 3.20. The van der Waals surface area contributed by atoms with Crippen LogP contribution in [0.2, 0.25) is 0 Å². The van der Waals surface area contributed by atoms with Gasteiger partial charge in [-0.15, -0.1) is 0 Å². The second kappa shape index (κ2) is 7.60. The second-order valence-corrected chi connectivity index (χ2v) is 6.63. The number of carbonyl (C=O) groups is 1. The molecule has 0 spiro atoms. The zero-order valence-electron chi connectivity index (χ0n) is 13.9. The third kappa shape index (κ3) is 4.32. The molecule has 0 saturated carbocycles. The van der Waals surface area contributed by atoms with Crippen molar-refractivity contribution in [3.63, 3.8) is 0 Å². The molecule has 122 valence electrons. The molecule has 0 N–H and O–H groups in total. The van der Waals surface area contributed by atoms with Crippen LogP contribution in [0.15, 0.2) is 48.1 Å². The van der Waals surface area contributed by atoms with E-state index in [1.165, 1.54) is 13.0 Å². The molecular weight excluding hydrogens is 284 g/mol. The lowest BCUT2D eigenvalue weighted by molar-refractivity contribution is -0.127. The molecule has 2 aliphatic heterocycles. The van der Waals surface area contributed by atoms with Crippen molar-refractivity contribution >= 4 is 12.0 Å². The number of piperidine rings is 1. The smallest absolute Gasteiger partial charge is 0.246 e. The summed E-state index contributed by atoms with van der Waals surface area (Å²) in [6, 6.07) is 10.0. The van der Waals surface area contributed by atoms with Crippen LogP contribution in [0, 0.1) is 5.92 Å². The predicted molar refractivity (Wildman–Crippen MR) is 95.0 cm³/mol. The van der Waals surface area contributed by atoms with Gasteiger partial charge in [-0.1, -0.05) is 42.0 Å². The van der Waals surface area contributed by atoms with Crippen molar-refractivity contribution in [3.05, 3.63) is 53.6 Å². The van der Waals surface area contributed by atoms with Crippen LogP contribution in [0.4, 0.5) is 0 Å². The highest BCUT2D eigenvalue weighted by Gasteiger charge is 2.25. The lowest BCUT2D eigenvalue weighted by Crippen LogP contribution is -2.38. The average molecular weight is 310 g/mol. The summed E-state index contributed by atoms with van der Waals surface area (Å²) in [4.78, 5) is 16.7. The van der Waals surface area contributed by atoms with Gasteiger partial charge < -0.3 is 9.80 Å². The van der Waals surface area contributed by atoms with Gasteiger partial charge in [0, 0.05) is 32.3 Å². The molecule has 0 atom stereocenters. The lowest BCUT2D eigenvalue weighted by Gasteiger charge is -2.34. The maximum atomic E-state index is 12.3. The number of amides is 1. The number of hydrogen-bond donors (Lipinski definition) is 0. The van der Waals surface area contributed by atoms with E-state index in [1.807, 2.05) is 41.3 Å². The molecule has 1 aromatic rings. The Morgan fingerprint density at radius 3 is 2.52 bits per heavy atom. The highest BCUT2D eigenvalue weighted by Crippen LogP contribution is 2.28. The van der Waals surface area contributed by atoms with Gasteiger partial charge in [-0.25, -0.2) is 0 Å². The Labute approximate surface area is 139 Å². The van der Waals surface area contributed by atoms with Gasteiger partial charge in [-0.05, 0) is 43.9 Å². The SMILES string of the molecule is CN1CC=C(C2CCN(C(=O)/C=C/c3ccccc3)CC2)CC1. The van der Waals surface area contributed by atoms with Gasteiger partial charge in [0.1, 0.15) is 0 Å². The first-order chi connectivity index (χ1) is 11.2. The van der Waals surface area contributed by atoms with Crippen molar-refractivity contribution in [2.24, 2.45) is 5.92 Å². The van der Waals surface area contributed by atoms with Crippen molar-refractivity contribution < 1.29 is 4.79 Å². The van der Waals surface area contributed by atoms with Crippen molar-refractivity contribution in [1.82, 2.24) is 9.80 Å². The van der Waals surface area contributed by atoms with Crippen LogP contribution in [-0.2, 0) is 4.79 Å². The van der Waals surface area contributed by atoms with Gasteiger partial charge in [0.15, 0.2) is 0 Å². The molecule has 0 radical (unpaired) electrons. The minimum absolute atomic E-state index is 0.143. The van der Waals surface area contributed by atoms with E-state index in [2.05, 4.69) is 18.0 Å². The number of likely N-dealkylation sites (N-methyl/N-ethyl adjacent to an activating group) is 1. The molecule has 0 bridgehead atoms. The van der Waals surface area contributed by atoms with Crippen LogP contribution < -0.4 is 0 Å².